The number of aromatic nitrogens is 2. The van der Waals surface area contributed by atoms with Gasteiger partial charge in [0.2, 0.25) is 5.91 Å². The van der Waals surface area contributed by atoms with Crippen molar-refractivity contribution in [2.75, 3.05) is 11.9 Å². The Hall–Kier alpha value is -3.12. The van der Waals surface area contributed by atoms with Gasteiger partial charge in [-0.25, -0.2) is 0 Å². The lowest BCUT2D eigenvalue weighted by atomic mass is 10.00. The van der Waals surface area contributed by atoms with E-state index < -0.39 is 0 Å². The monoisotopic (exact) mass is 392 g/mol. The van der Waals surface area contributed by atoms with E-state index in [4.69, 9.17) is 11.6 Å². The Morgan fingerprint density at radius 2 is 1.96 bits per heavy atom. The lowest BCUT2D eigenvalue weighted by molar-refractivity contribution is -0.115. The summed E-state index contributed by atoms with van der Waals surface area (Å²) in [7, 11) is 0. The number of hydrogen-bond acceptors (Lipinski definition) is 3. The quantitative estimate of drug-likeness (QED) is 0.701. The lowest BCUT2D eigenvalue weighted by Crippen LogP contribution is -2.36. The molecule has 2 aromatic carbocycles. The molecule has 0 atom stereocenters. The molecule has 0 saturated heterocycles. The average Bonchev–Trinajstić information content (AvgIpc) is 3.29. The number of nitrogens with one attached hydrogen (secondary N) is 2. The van der Waals surface area contributed by atoms with E-state index in [1.165, 1.54) is 0 Å². The maximum absolute atomic E-state index is 13.1. The molecule has 1 aromatic heterocycles. The Kier molecular flexibility index (Phi) is 3.94. The number of aromatic amines is 1. The Labute approximate surface area is 166 Å². The van der Waals surface area contributed by atoms with Crippen molar-refractivity contribution in [2.45, 2.75) is 19.4 Å². The zero-order valence-electron chi connectivity index (χ0n) is 15.0. The van der Waals surface area contributed by atoms with Gasteiger partial charge in [0.05, 0.1) is 12.1 Å². The van der Waals surface area contributed by atoms with E-state index in [0.717, 1.165) is 40.2 Å². The van der Waals surface area contributed by atoms with Crippen LogP contribution in [0.3, 0.4) is 0 Å². The number of carbonyl (C=O) groups excluding carboxylic acids is 2. The van der Waals surface area contributed by atoms with Crippen molar-refractivity contribution < 1.29 is 9.59 Å². The van der Waals surface area contributed by atoms with Gasteiger partial charge in [-0.1, -0.05) is 23.7 Å². The second kappa shape index (κ2) is 6.49. The second-order valence-electron chi connectivity index (χ2n) is 7.11. The van der Waals surface area contributed by atoms with Gasteiger partial charge < -0.3 is 10.2 Å². The van der Waals surface area contributed by atoms with Crippen LogP contribution in [0.15, 0.2) is 42.5 Å². The number of benzene rings is 2. The molecular weight excluding hydrogens is 376 g/mol. The smallest absolute Gasteiger partial charge is 0.254 e. The van der Waals surface area contributed by atoms with Gasteiger partial charge in [-0.3, -0.25) is 14.7 Å². The van der Waals surface area contributed by atoms with Crippen LogP contribution < -0.4 is 5.32 Å². The van der Waals surface area contributed by atoms with Crippen LogP contribution in [0.5, 0.6) is 0 Å². The lowest BCUT2D eigenvalue weighted by Gasteiger charge is -2.27. The summed E-state index contributed by atoms with van der Waals surface area (Å²) in [5.74, 6) is -0.0655. The maximum Gasteiger partial charge on any atom is 0.254 e. The number of amides is 2. The third-order valence-corrected chi connectivity index (χ3v) is 5.57. The standard InChI is InChI=1S/C21H17ClN4O2/c22-15-4-1-12(2-5-15)20-16-11-26(8-7-18(16)24-25-20)21(28)13-3-6-17-14(9-13)10-19(27)23-17/h1-6,9H,7-8,10-11H2,(H,23,27)(H,24,25). The molecule has 28 heavy (non-hydrogen) atoms. The van der Waals surface area contributed by atoms with Crippen LogP contribution in [0, 0.1) is 0 Å². The molecule has 0 spiro atoms. The van der Waals surface area contributed by atoms with Gasteiger partial charge in [-0.2, -0.15) is 5.10 Å². The van der Waals surface area contributed by atoms with E-state index in [1.807, 2.05) is 35.2 Å². The second-order valence-corrected chi connectivity index (χ2v) is 7.55. The number of anilines is 1. The Morgan fingerprint density at radius 1 is 1.14 bits per heavy atom. The molecule has 3 aromatic rings. The number of fused-ring (bicyclic) bond motifs is 2. The molecule has 0 bridgehead atoms. The Morgan fingerprint density at radius 3 is 2.79 bits per heavy atom. The molecule has 0 fully saturated rings. The molecule has 140 valence electrons. The summed E-state index contributed by atoms with van der Waals surface area (Å²) in [4.78, 5) is 26.5. The molecule has 0 radical (unpaired) electrons. The van der Waals surface area contributed by atoms with Crippen molar-refractivity contribution in [1.29, 1.82) is 0 Å². The fourth-order valence-corrected chi connectivity index (χ4v) is 3.99. The van der Waals surface area contributed by atoms with E-state index in [0.29, 0.717) is 30.1 Å². The molecule has 7 heteroatoms. The van der Waals surface area contributed by atoms with E-state index in [2.05, 4.69) is 15.5 Å². The molecule has 0 aliphatic carbocycles. The number of carbonyl (C=O) groups is 2. The summed E-state index contributed by atoms with van der Waals surface area (Å²) in [6, 6.07) is 12.9. The first-order chi connectivity index (χ1) is 13.6. The van der Waals surface area contributed by atoms with Crippen molar-refractivity contribution in [3.05, 3.63) is 69.9 Å². The molecule has 0 unspecified atom stereocenters. The fourth-order valence-electron chi connectivity index (χ4n) is 3.86. The highest BCUT2D eigenvalue weighted by Crippen LogP contribution is 2.30. The van der Waals surface area contributed by atoms with Crippen LogP contribution >= 0.6 is 11.6 Å². The van der Waals surface area contributed by atoms with Crippen molar-refractivity contribution in [3.8, 4) is 11.3 Å². The van der Waals surface area contributed by atoms with Crippen molar-refractivity contribution in [2.24, 2.45) is 0 Å². The SMILES string of the molecule is O=C1Cc2cc(C(=O)N3CCc4[nH]nc(-c5ccc(Cl)cc5)c4C3)ccc2N1. The minimum absolute atomic E-state index is 0.0314. The molecular formula is C21H17ClN4O2. The van der Waals surface area contributed by atoms with Crippen LogP contribution in [-0.2, 0) is 24.2 Å². The van der Waals surface area contributed by atoms with Gasteiger partial charge in [0.1, 0.15) is 0 Å². The van der Waals surface area contributed by atoms with Gasteiger partial charge in [-0.15, -0.1) is 0 Å². The summed E-state index contributed by atoms with van der Waals surface area (Å²) in [6.07, 6.45) is 1.05. The van der Waals surface area contributed by atoms with E-state index in [-0.39, 0.29) is 11.8 Å². The maximum atomic E-state index is 13.1. The van der Waals surface area contributed by atoms with Crippen molar-refractivity contribution >= 4 is 29.1 Å². The molecule has 2 aliphatic heterocycles. The first-order valence-electron chi connectivity index (χ1n) is 9.12. The highest BCUT2D eigenvalue weighted by atomic mass is 35.5. The summed E-state index contributed by atoms with van der Waals surface area (Å²) in [5, 5.41) is 11.1. The normalized spacial score (nSPS) is 15.2. The number of hydrogen-bond donors (Lipinski definition) is 2. The highest BCUT2D eigenvalue weighted by molar-refractivity contribution is 6.30. The van der Waals surface area contributed by atoms with E-state index in [1.54, 1.807) is 12.1 Å². The van der Waals surface area contributed by atoms with Crippen LogP contribution in [0.4, 0.5) is 5.69 Å². The first-order valence-corrected chi connectivity index (χ1v) is 9.50. The summed E-state index contributed by atoms with van der Waals surface area (Å²) >= 11 is 5.99. The third kappa shape index (κ3) is 2.86. The number of halogens is 1. The average molecular weight is 393 g/mol. The van der Waals surface area contributed by atoms with Crippen LogP contribution in [-0.4, -0.2) is 33.5 Å². The zero-order chi connectivity index (χ0) is 19.3. The predicted octanol–water partition coefficient (Wildman–Crippen LogP) is 3.42. The molecule has 2 N–H and O–H groups in total. The minimum Gasteiger partial charge on any atom is -0.334 e. The number of rotatable bonds is 2. The van der Waals surface area contributed by atoms with E-state index >= 15 is 0 Å². The first kappa shape index (κ1) is 17.0. The Bertz CT molecular complexity index is 1100. The molecule has 2 amide bonds. The molecule has 2 aliphatic rings. The minimum atomic E-state index is -0.0341. The molecule has 0 saturated carbocycles. The van der Waals surface area contributed by atoms with Gasteiger partial charge in [0, 0.05) is 52.6 Å². The zero-order valence-corrected chi connectivity index (χ0v) is 15.7. The summed E-state index contributed by atoms with van der Waals surface area (Å²) in [6.45, 7) is 1.12. The number of nitrogens with zero attached hydrogens (tertiary/aromatic N) is 2. The van der Waals surface area contributed by atoms with Crippen LogP contribution in [0.1, 0.15) is 27.2 Å². The fraction of sp³-hybridized carbons (Fsp3) is 0.190. The molecule has 6 nitrogen and oxygen atoms in total. The van der Waals surface area contributed by atoms with Gasteiger partial charge in [0.15, 0.2) is 0 Å². The summed E-state index contributed by atoms with van der Waals surface area (Å²) in [5.41, 5.74) is 6.21. The van der Waals surface area contributed by atoms with Crippen molar-refractivity contribution in [1.82, 2.24) is 15.1 Å². The highest BCUT2D eigenvalue weighted by Gasteiger charge is 2.27. The number of H-pyrrole nitrogens is 1. The molecule has 3 heterocycles. The third-order valence-electron chi connectivity index (χ3n) is 5.32. The van der Waals surface area contributed by atoms with Crippen LogP contribution in [0.25, 0.3) is 11.3 Å². The Balaban J connectivity index is 1.42. The van der Waals surface area contributed by atoms with Crippen LogP contribution in [0.2, 0.25) is 5.02 Å². The van der Waals surface area contributed by atoms with Gasteiger partial charge >= 0.3 is 0 Å². The molecule has 5 rings (SSSR count). The van der Waals surface area contributed by atoms with Gasteiger partial charge in [0.25, 0.3) is 5.91 Å². The van der Waals surface area contributed by atoms with Crippen molar-refractivity contribution in [3.63, 3.8) is 0 Å². The summed E-state index contributed by atoms with van der Waals surface area (Å²) < 4.78 is 0. The predicted molar refractivity (Wildman–Crippen MR) is 106 cm³/mol. The topological polar surface area (TPSA) is 78.1 Å². The van der Waals surface area contributed by atoms with E-state index in [9.17, 15) is 9.59 Å². The largest absolute Gasteiger partial charge is 0.334 e. The van der Waals surface area contributed by atoms with Gasteiger partial charge in [-0.05, 0) is 35.9 Å².